The SMILES string of the molecule is CCNc1nc(CSc2ccc(F)cc2)nc(CC)c1Br. The molecule has 6 heteroatoms. The van der Waals surface area contributed by atoms with Crippen LogP contribution in [0.2, 0.25) is 0 Å². The largest absolute Gasteiger partial charge is 0.369 e. The minimum atomic E-state index is -0.220. The monoisotopic (exact) mass is 369 g/mol. The van der Waals surface area contributed by atoms with Crippen molar-refractivity contribution in [3.8, 4) is 0 Å². The maximum absolute atomic E-state index is 12.9. The summed E-state index contributed by atoms with van der Waals surface area (Å²) >= 11 is 5.14. The van der Waals surface area contributed by atoms with Gasteiger partial charge in [-0.15, -0.1) is 11.8 Å². The van der Waals surface area contributed by atoms with Gasteiger partial charge < -0.3 is 5.32 Å². The predicted octanol–water partition coefficient (Wildman–Crippen LogP) is 4.66. The Labute approximate surface area is 136 Å². The molecule has 21 heavy (non-hydrogen) atoms. The first-order chi connectivity index (χ1) is 10.1. The molecule has 0 bridgehead atoms. The van der Waals surface area contributed by atoms with Gasteiger partial charge in [-0.2, -0.15) is 0 Å². The molecule has 3 nitrogen and oxygen atoms in total. The maximum Gasteiger partial charge on any atom is 0.144 e. The second-order valence-corrected chi connectivity index (χ2v) is 6.22. The highest BCUT2D eigenvalue weighted by molar-refractivity contribution is 9.10. The second-order valence-electron chi connectivity index (χ2n) is 4.38. The number of halogens is 2. The molecular formula is C15H17BrFN3S. The van der Waals surface area contributed by atoms with Gasteiger partial charge in [-0.05, 0) is 53.5 Å². The summed E-state index contributed by atoms with van der Waals surface area (Å²) in [7, 11) is 0. The lowest BCUT2D eigenvalue weighted by Crippen LogP contribution is -2.07. The molecule has 0 spiro atoms. The van der Waals surface area contributed by atoms with Crippen molar-refractivity contribution in [3.63, 3.8) is 0 Å². The summed E-state index contributed by atoms with van der Waals surface area (Å²) in [6, 6.07) is 6.47. The van der Waals surface area contributed by atoms with Crippen LogP contribution < -0.4 is 5.32 Å². The van der Waals surface area contributed by atoms with Crippen molar-refractivity contribution in [2.24, 2.45) is 0 Å². The molecule has 0 amide bonds. The van der Waals surface area contributed by atoms with Gasteiger partial charge in [0, 0.05) is 11.4 Å². The van der Waals surface area contributed by atoms with Gasteiger partial charge >= 0.3 is 0 Å². The zero-order valence-electron chi connectivity index (χ0n) is 12.0. The van der Waals surface area contributed by atoms with Crippen LogP contribution in [0.25, 0.3) is 0 Å². The zero-order chi connectivity index (χ0) is 15.2. The highest BCUT2D eigenvalue weighted by Gasteiger charge is 2.11. The van der Waals surface area contributed by atoms with Crippen LogP contribution in [0.4, 0.5) is 10.2 Å². The molecule has 112 valence electrons. The Bertz CT molecular complexity index is 605. The highest BCUT2D eigenvalue weighted by Crippen LogP contribution is 2.27. The molecule has 2 rings (SSSR count). The van der Waals surface area contributed by atoms with Crippen molar-refractivity contribution in [2.45, 2.75) is 30.9 Å². The first-order valence-corrected chi connectivity index (χ1v) is 8.59. The van der Waals surface area contributed by atoms with Gasteiger partial charge in [0.1, 0.15) is 17.5 Å². The lowest BCUT2D eigenvalue weighted by atomic mass is 10.3. The third-order valence-corrected chi connectivity index (χ3v) is 4.67. The number of aromatic nitrogens is 2. The summed E-state index contributed by atoms with van der Waals surface area (Å²) in [6.07, 6.45) is 0.843. The van der Waals surface area contributed by atoms with Crippen LogP contribution in [-0.2, 0) is 12.2 Å². The molecule has 0 aliphatic carbocycles. The van der Waals surface area contributed by atoms with Crippen molar-refractivity contribution in [1.29, 1.82) is 0 Å². The van der Waals surface area contributed by atoms with Crippen LogP contribution in [-0.4, -0.2) is 16.5 Å². The lowest BCUT2D eigenvalue weighted by molar-refractivity contribution is 0.626. The molecule has 0 radical (unpaired) electrons. The molecule has 0 fully saturated rings. The second kappa shape index (κ2) is 7.75. The van der Waals surface area contributed by atoms with Gasteiger partial charge in [0.05, 0.1) is 15.9 Å². The van der Waals surface area contributed by atoms with Crippen LogP contribution in [0.3, 0.4) is 0 Å². The number of benzene rings is 1. The standard InChI is InChI=1S/C15H17BrFN3S/c1-3-12-14(16)15(18-4-2)20-13(19-12)9-21-11-7-5-10(17)6-8-11/h5-8H,3-4,9H2,1-2H3,(H,18,19,20). The number of anilines is 1. The summed E-state index contributed by atoms with van der Waals surface area (Å²) in [5, 5.41) is 3.24. The van der Waals surface area contributed by atoms with Crippen LogP contribution in [0.15, 0.2) is 33.6 Å². The van der Waals surface area contributed by atoms with Gasteiger partial charge in [-0.3, -0.25) is 0 Å². The van der Waals surface area contributed by atoms with Crippen LogP contribution in [0.5, 0.6) is 0 Å². The fraction of sp³-hybridized carbons (Fsp3) is 0.333. The lowest BCUT2D eigenvalue weighted by Gasteiger charge is -2.11. The Hall–Kier alpha value is -1.14. The molecule has 0 aliphatic heterocycles. The van der Waals surface area contributed by atoms with Gasteiger partial charge in [-0.1, -0.05) is 6.92 Å². The maximum atomic E-state index is 12.9. The molecule has 0 aliphatic rings. The Kier molecular flexibility index (Phi) is 5.99. The number of hydrogen-bond acceptors (Lipinski definition) is 4. The fourth-order valence-electron chi connectivity index (χ4n) is 1.81. The van der Waals surface area contributed by atoms with Crippen LogP contribution in [0.1, 0.15) is 25.4 Å². The topological polar surface area (TPSA) is 37.8 Å². The molecule has 0 saturated carbocycles. The molecule has 1 aromatic carbocycles. The number of aryl methyl sites for hydroxylation is 1. The van der Waals surface area contributed by atoms with E-state index in [1.807, 2.05) is 6.92 Å². The van der Waals surface area contributed by atoms with Gasteiger partial charge in [0.25, 0.3) is 0 Å². The number of hydrogen-bond donors (Lipinski definition) is 1. The minimum Gasteiger partial charge on any atom is -0.369 e. The summed E-state index contributed by atoms with van der Waals surface area (Å²) in [5.74, 6) is 2.05. The average Bonchev–Trinajstić information content (AvgIpc) is 2.49. The van der Waals surface area contributed by atoms with Gasteiger partial charge in [0.2, 0.25) is 0 Å². The van der Waals surface area contributed by atoms with E-state index in [2.05, 4.69) is 38.1 Å². The van der Waals surface area contributed by atoms with E-state index in [1.165, 1.54) is 12.1 Å². The Morgan fingerprint density at radius 1 is 1.19 bits per heavy atom. The van der Waals surface area contributed by atoms with Gasteiger partial charge in [0.15, 0.2) is 0 Å². The average molecular weight is 370 g/mol. The summed E-state index contributed by atoms with van der Waals surface area (Å²) in [5.41, 5.74) is 0.996. The van der Waals surface area contributed by atoms with E-state index in [0.717, 1.165) is 39.7 Å². The molecule has 0 atom stereocenters. The fourth-order valence-corrected chi connectivity index (χ4v) is 3.16. The third kappa shape index (κ3) is 4.41. The molecule has 0 saturated heterocycles. The van der Waals surface area contributed by atoms with Crippen LogP contribution >= 0.6 is 27.7 Å². The Morgan fingerprint density at radius 2 is 1.90 bits per heavy atom. The van der Waals surface area contributed by atoms with E-state index in [0.29, 0.717) is 5.75 Å². The summed E-state index contributed by atoms with van der Waals surface area (Å²) < 4.78 is 13.8. The van der Waals surface area contributed by atoms with E-state index in [1.54, 1.807) is 23.9 Å². The predicted molar refractivity (Wildman–Crippen MR) is 89.2 cm³/mol. The number of nitrogens with zero attached hydrogens (tertiary/aromatic N) is 2. The summed E-state index contributed by atoms with van der Waals surface area (Å²) in [4.78, 5) is 10.1. The van der Waals surface area contributed by atoms with E-state index in [-0.39, 0.29) is 5.82 Å². The molecular weight excluding hydrogens is 353 g/mol. The Balaban J connectivity index is 2.15. The van der Waals surface area contributed by atoms with E-state index >= 15 is 0 Å². The van der Waals surface area contributed by atoms with Crippen molar-refractivity contribution in [2.75, 3.05) is 11.9 Å². The van der Waals surface area contributed by atoms with Crippen LogP contribution in [0, 0.1) is 5.82 Å². The van der Waals surface area contributed by atoms with Crippen molar-refractivity contribution >= 4 is 33.5 Å². The van der Waals surface area contributed by atoms with E-state index in [4.69, 9.17) is 0 Å². The van der Waals surface area contributed by atoms with Crippen molar-refractivity contribution in [1.82, 2.24) is 9.97 Å². The first kappa shape index (κ1) is 16.2. The smallest absolute Gasteiger partial charge is 0.144 e. The number of nitrogens with one attached hydrogen (secondary N) is 1. The number of rotatable bonds is 6. The normalized spacial score (nSPS) is 10.7. The van der Waals surface area contributed by atoms with Gasteiger partial charge in [-0.25, -0.2) is 14.4 Å². The first-order valence-electron chi connectivity index (χ1n) is 6.81. The number of thioether (sulfide) groups is 1. The minimum absolute atomic E-state index is 0.220. The highest BCUT2D eigenvalue weighted by atomic mass is 79.9. The van der Waals surface area contributed by atoms with Crippen molar-refractivity contribution in [3.05, 3.63) is 46.1 Å². The van der Waals surface area contributed by atoms with Crippen molar-refractivity contribution < 1.29 is 4.39 Å². The quantitative estimate of drug-likeness (QED) is 0.751. The molecule has 1 N–H and O–H groups in total. The summed E-state index contributed by atoms with van der Waals surface area (Å²) in [6.45, 7) is 4.91. The third-order valence-electron chi connectivity index (χ3n) is 2.83. The van der Waals surface area contributed by atoms with E-state index < -0.39 is 0 Å². The Morgan fingerprint density at radius 3 is 2.52 bits per heavy atom. The van der Waals surface area contributed by atoms with E-state index in [9.17, 15) is 4.39 Å². The molecule has 0 unspecified atom stereocenters. The zero-order valence-corrected chi connectivity index (χ0v) is 14.4. The molecule has 1 aromatic heterocycles. The molecule has 1 heterocycles. The molecule has 2 aromatic rings.